The summed E-state index contributed by atoms with van der Waals surface area (Å²) in [6.07, 6.45) is 0.437. The van der Waals surface area contributed by atoms with Crippen LogP contribution in [0.3, 0.4) is 0 Å². The van der Waals surface area contributed by atoms with E-state index in [1.165, 1.54) is 0 Å². The highest BCUT2D eigenvalue weighted by Gasteiger charge is 2.09. The Kier molecular flexibility index (Phi) is 3.78. The number of hydrogen-bond acceptors (Lipinski definition) is 2. The molecule has 14 heavy (non-hydrogen) atoms. The first kappa shape index (κ1) is 11.3. The normalized spacial score (nSPS) is 10.9. The highest BCUT2D eigenvalue weighted by Crippen LogP contribution is 2.31. The minimum absolute atomic E-state index is 0.0193. The van der Waals surface area contributed by atoms with E-state index >= 15 is 0 Å². The van der Waals surface area contributed by atoms with Gasteiger partial charge < -0.3 is 10.2 Å². The van der Waals surface area contributed by atoms with Crippen LogP contribution in [0.1, 0.15) is 30.9 Å². The highest BCUT2D eigenvalue weighted by molar-refractivity contribution is 6.32. The Hall–Kier alpha value is -0.730. The van der Waals surface area contributed by atoms with Crippen molar-refractivity contribution in [3.63, 3.8) is 0 Å². The highest BCUT2D eigenvalue weighted by atomic mass is 35.5. The van der Waals surface area contributed by atoms with Crippen LogP contribution < -0.4 is 0 Å². The van der Waals surface area contributed by atoms with Gasteiger partial charge in [-0.3, -0.25) is 0 Å². The Bertz CT molecular complexity index is 321. The van der Waals surface area contributed by atoms with Gasteiger partial charge in [0.1, 0.15) is 5.75 Å². The van der Waals surface area contributed by atoms with Gasteiger partial charge in [-0.2, -0.15) is 0 Å². The summed E-state index contributed by atoms with van der Waals surface area (Å²) in [7, 11) is 0. The maximum Gasteiger partial charge on any atom is 0.137 e. The van der Waals surface area contributed by atoms with Crippen LogP contribution in [-0.4, -0.2) is 16.8 Å². The Morgan fingerprint density at radius 3 is 2.50 bits per heavy atom. The minimum Gasteiger partial charge on any atom is -0.506 e. The molecule has 1 rings (SSSR count). The molecule has 1 aromatic carbocycles. The van der Waals surface area contributed by atoms with Gasteiger partial charge in [0.05, 0.1) is 5.02 Å². The molecule has 0 aliphatic carbocycles. The predicted molar refractivity (Wildman–Crippen MR) is 58.0 cm³/mol. The minimum atomic E-state index is 0.0193. The molecule has 0 heterocycles. The van der Waals surface area contributed by atoms with Gasteiger partial charge in [0.2, 0.25) is 0 Å². The van der Waals surface area contributed by atoms with Crippen molar-refractivity contribution >= 4 is 11.6 Å². The Labute approximate surface area is 89.1 Å². The van der Waals surface area contributed by atoms with Crippen molar-refractivity contribution in [1.82, 2.24) is 0 Å². The van der Waals surface area contributed by atoms with Gasteiger partial charge in [0.25, 0.3) is 0 Å². The molecular formula is C11H15ClO2. The number of aromatic hydroxyl groups is 1. The molecule has 0 atom stereocenters. The lowest BCUT2D eigenvalue weighted by Gasteiger charge is -2.11. The Morgan fingerprint density at radius 1 is 1.36 bits per heavy atom. The number of rotatable bonds is 3. The first-order valence-corrected chi connectivity index (χ1v) is 5.06. The summed E-state index contributed by atoms with van der Waals surface area (Å²) < 4.78 is 0. The Morgan fingerprint density at radius 2 is 2.00 bits per heavy atom. The predicted octanol–water partition coefficient (Wildman–Crippen LogP) is 2.70. The third-order valence-electron chi connectivity index (χ3n) is 2.21. The van der Waals surface area contributed by atoms with Crippen LogP contribution in [-0.2, 0) is 6.42 Å². The third kappa shape index (κ3) is 2.40. The van der Waals surface area contributed by atoms with E-state index in [9.17, 15) is 5.11 Å². The number of phenols is 1. The fourth-order valence-electron chi connectivity index (χ4n) is 1.32. The number of benzene rings is 1. The number of aliphatic hydroxyl groups excluding tert-OH is 1. The van der Waals surface area contributed by atoms with E-state index in [-0.39, 0.29) is 12.4 Å². The molecule has 2 nitrogen and oxygen atoms in total. The molecule has 2 N–H and O–H groups in total. The van der Waals surface area contributed by atoms with Crippen LogP contribution in [0.25, 0.3) is 0 Å². The summed E-state index contributed by atoms with van der Waals surface area (Å²) in [5.41, 5.74) is 1.79. The van der Waals surface area contributed by atoms with Crippen molar-refractivity contribution < 1.29 is 10.2 Å². The molecule has 0 fully saturated rings. The van der Waals surface area contributed by atoms with E-state index < -0.39 is 0 Å². The lowest BCUT2D eigenvalue weighted by Crippen LogP contribution is -1.95. The molecule has 1 aromatic rings. The molecular weight excluding hydrogens is 200 g/mol. The molecule has 3 heteroatoms. The summed E-state index contributed by atoms with van der Waals surface area (Å²) in [5.74, 6) is 0.454. The molecule has 0 aromatic heterocycles. The second-order valence-corrected chi connectivity index (χ2v) is 4.05. The van der Waals surface area contributed by atoms with E-state index in [0.717, 1.165) is 5.56 Å². The van der Waals surface area contributed by atoms with E-state index in [4.69, 9.17) is 16.7 Å². The van der Waals surface area contributed by atoms with Crippen molar-refractivity contribution in [3.05, 3.63) is 28.3 Å². The quantitative estimate of drug-likeness (QED) is 0.812. The second kappa shape index (κ2) is 4.67. The van der Waals surface area contributed by atoms with E-state index in [0.29, 0.717) is 22.9 Å². The Balaban J connectivity index is 3.14. The van der Waals surface area contributed by atoms with E-state index in [2.05, 4.69) is 13.8 Å². The third-order valence-corrected chi connectivity index (χ3v) is 2.50. The lowest BCUT2D eigenvalue weighted by molar-refractivity contribution is 0.297. The molecule has 0 spiro atoms. The SMILES string of the molecule is CC(C)c1cc(Cl)c(O)c(CCO)c1. The first-order valence-electron chi connectivity index (χ1n) is 4.68. The standard InChI is InChI=1S/C11H15ClO2/c1-7(2)9-5-8(3-4-13)11(14)10(12)6-9/h5-7,13-14H,3-4H2,1-2H3. The van der Waals surface area contributed by atoms with Gasteiger partial charge in [-0.1, -0.05) is 31.5 Å². The fourth-order valence-corrected chi connectivity index (χ4v) is 1.57. The first-order chi connectivity index (χ1) is 6.56. The van der Waals surface area contributed by atoms with Crippen LogP contribution in [0.5, 0.6) is 5.75 Å². The van der Waals surface area contributed by atoms with Gasteiger partial charge in [0, 0.05) is 6.61 Å². The topological polar surface area (TPSA) is 40.5 Å². The zero-order valence-corrected chi connectivity index (χ0v) is 9.17. The zero-order valence-electron chi connectivity index (χ0n) is 8.42. The van der Waals surface area contributed by atoms with Crippen molar-refractivity contribution in [1.29, 1.82) is 0 Å². The maximum atomic E-state index is 9.59. The molecule has 0 aliphatic rings. The monoisotopic (exact) mass is 214 g/mol. The summed E-state index contributed by atoms with van der Waals surface area (Å²) in [5, 5.41) is 18.8. The van der Waals surface area contributed by atoms with Crippen LogP contribution in [0.2, 0.25) is 5.02 Å². The van der Waals surface area contributed by atoms with Crippen LogP contribution in [0.4, 0.5) is 0 Å². The van der Waals surface area contributed by atoms with Gasteiger partial charge >= 0.3 is 0 Å². The number of aliphatic hydroxyl groups is 1. The molecule has 0 saturated heterocycles. The molecule has 0 saturated carbocycles. The van der Waals surface area contributed by atoms with Gasteiger partial charge in [-0.15, -0.1) is 0 Å². The van der Waals surface area contributed by atoms with Crippen LogP contribution in [0.15, 0.2) is 12.1 Å². The van der Waals surface area contributed by atoms with Crippen molar-refractivity contribution in [3.8, 4) is 5.75 Å². The van der Waals surface area contributed by atoms with Gasteiger partial charge in [-0.05, 0) is 29.5 Å². The average molecular weight is 215 g/mol. The summed E-state index contributed by atoms with van der Waals surface area (Å²) in [4.78, 5) is 0. The van der Waals surface area contributed by atoms with E-state index in [1.807, 2.05) is 6.07 Å². The summed E-state index contributed by atoms with van der Waals surface area (Å²) in [6.45, 7) is 4.14. The molecule has 0 radical (unpaired) electrons. The largest absolute Gasteiger partial charge is 0.506 e. The molecule has 0 aliphatic heterocycles. The lowest BCUT2D eigenvalue weighted by atomic mass is 9.99. The molecule has 0 unspecified atom stereocenters. The van der Waals surface area contributed by atoms with Gasteiger partial charge in [0.15, 0.2) is 0 Å². The van der Waals surface area contributed by atoms with Gasteiger partial charge in [-0.25, -0.2) is 0 Å². The molecule has 78 valence electrons. The van der Waals surface area contributed by atoms with Crippen LogP contribution in [0, 0.1) is 0 Å². The maximum absolute atomic E-state index is 9.59. The van der Waals surface area contributed by atoms with Crippen molar-refractivity contribution in [2.75, 3.05) is 6.61 Å². The summed E-state index contributed by atoms with van der Waals surface area (Å²) >= 11 is 5.87. The number of hydrogen-bond donors (Lipinski definition) is 2. The molecule has 0 bridgehead atoms. The van der Waals surface area contributed by atoms with E-state index in [1.54, 1.807) is 6.07 Å². The molecule has 0 amide bonds. The van der Waals surface area contributed by atoms with Crippen LogP contribution >= 0.6 is 11.6 Å². The van der Waals surface area contributed by atoms with Crippen molar-refractivity contribution in [2.45, 2.75) is 26.2 Å². The smallest absolute Gasteiger partial charge is 0.137 e. The fraction of sp³-hybridized carbons (Fsp3) is 0.455. The van der Waals surface area contributed by atoms with Crippen molar-refractivity contribution in [2.24, 2.45) is 0 Å². The number of phenolic OH excluding ortho intramolecular Hbond substituents is 1. The average Bonchev–Trinajstić information content (AvgIpc) is 2.12. The summed E-state index contributed by atoms with van der Waals surface area (Å²) in [6, 6.07) is 3.66. The zero-order chi connectivity index (χ0) is 10.7. The second-order valence-electron chi connectivity index (χ2n) is 3.64. The number of halogens is 1.